The van der Waals surface area contributed by atoms with Gasteiger partial charge in [0.05, 0.1) is 24.4 Å². The van der Waals surface area contributed by atoms with Crippen LogP contribution >= 0.6 is 11.3 Å². The van der Waals surface area contributed by atoms with Gasteiger partial charge in [-0.3, -0.25) is 4.79 Å². The summed E-state index contributed by atoms with van der Waals surface area (Å²) >= 11 is 1.60. The van der Waals surface area contributed by atoms with Crippen molar-refractivity contribution in [2.24, 2.45) is 0 Å². The van der Waals surface area contributed by atoms with Gasteiger partial charge in [-0.05, 0) is 23.8 Å². The number of carbonyl (C=O) groups is 1. The summed E-state index contributed by atoms with van der Waals surface area (Å²) in [5, 5.41) is 15.5. The lowest BCUT2D eigenvalue weighted by Crippen LogP contribution is -2.20. The zero-order valence-electron chi connectivity index (χ0n) is 13.4. The number of nitrogens with one attached hydrogen (secondary N) is 1. The van der Waals surface area contributed by atoms with Crippen molar-refractivity contribution in [3.63, 3.8) is 0 Å². The van der Waals surface area contributed by atoms with E-state index >= 15 is 0 Å². The molecule has 5 nitrogen and oxygen atoms in total. The third kappa shape index (κ3) is 4.82. The maximum atomic E-state index is 11.8. The Bertz CT molecular complexity index is 708. The van der Waals surface area contributed by atoms with Crippen LogP contribution < -0.4 is 10.1 Å². The highest BCUT2D eigenvalue weighted by molar-refractivity contribution is 7.09. The predicted molar refractivity (Wildman–Crippen MR) is 91.7 cm³/mol. The Balaban J connectivity index is 1.89. The number of hydrogen-bond donors (Lipinski definition) is 2. The Labute approximate surface area is 139 Å². The van der Waals surface area contributed by atoms with E-state index in [4.69, 9.17) is 4.74 Å². The van der Waals surface area contributed by atoms with Crippen molar-refractivity contribution < 1.29 is 14.6 Å². The van der Waals surface area contributed by atoms with Crippen LogP contribution in [-0.2, 0) is 11.3 Å². The van der Waals surface area contributed by atoms with Crippen molar-refractivity contribution in [2.75, 3.05) is 7.11 Å². The van der Waals surface area contributed by atoms with Crippen LogP contribution in [0.2, 0.25) is 0 Å². The van der Waals surface area contributed by atoms with Crippen LogP contribution in [-0.4, -0.2) is 23.1 Å². The van der Waals surface area contributed by atoms with E-state index in [9.17, 15) is 9.90 Å². The van der Waals surface area contributed by atoms with E-state index in [1.54, 1.807) is 29.5 Å². The van der Waals surface area contributed by atoms with E-state index in [1.807, 2.05) is 5.38 Å². The van der Waals surface area contributed by atoms with E-state index < -0.39 is 0 Å². The van der Waals surface area contributed by atoms with E-state index in [-0.39, 0.29) is 11.7 Å². The molecule has 0 saturated heterocycles. The number of methoxy groups -OCH3 is 1. The molecular formula is C17H20N2O3S. The number of benzene rings is 1. The Hall–Kier alpha value is -2.34. The topological polar surface area (TPSA) is 71.5 Å². The molecule has 0 fully saturated rings. The Morgan fingerprint density at radius 2 is 2.26 bits per heavy atom. The molecule has 1 aromatic carbocycles. The summed E-state index contributed by atoms with van der Waals surface area (Å²) in [6.07, 6.45) is 3.06. The zero-order chi connectivity index (χ0) is 16.8. The molecule has 0 aliphatic carbocycles. The number of ether oxygens (including phenoxy) is 1. The van der Waals surface area contributed by atoms with Crippen molar-refractivity contribution in [3.05, 3.63) is 45.9 Å². The van der Waals surface area contributed by atoms with Crippen molar-refractivity contribution in [1.29, 1.82) is 0 Å². The molecule has 0 aliphatic rings. The standard InChI is InChI=1S/C17H20N2O3S/c1-11(2)17-19-13(10-23-17)9-18-16(21)7-5-12-4-6-15(22-3)14(20)8-12/h4-8,10-11,20H,9H2,1-3H3,(H,18,21). The van der Waals surface area contributed by atoms with Crippen LogP contribution in [0.4, 0.5) is 0 Å². The molecule has 23 heavy (non-hydrogen) atoms. The SMILES string of the molecule is COc1ccc(C=CC(=O)NCc2csc(C(C)C)n2)cc1O. The van der Waals surface area contributed by atoms with Crippen LogP contribution in [0.5, 0.6) is 11.5 Å². The molecule has 122 valence electrons. The maximum absolute atomic E-state index is 11.8. The highest BCUT2D eigenvalue weighted by Crippen LogP contribution is 2.26. The fraction of sp³-hybridized carbons (Fsp3) is 0.294. The largest absolute Gasteiger partial charge is 0.504 e. The smallest absolute Gasteiger partial charge is 0.244 e. The number of aromatic nitrogens is 1. The highest BCUT2D eigenvalue weighted by Gasteiger charge is 2.06. The first kappa shape index (κ1) is 17.0. The second-order valence-corrected chi connectivity index (χ2v) is 6.20. The van der Waals surface area contributed by atoms with E-state index in [2.05, 4.69) is 24.1 Å². The van der Waals surface area contributed by atoms with Crippen molar-refractivity contribution in [1.82, 2.24) is 10.3 Å². The van der Waals surface area contributed by atoms with Crippen LogP contribution in [0.25, 0.3) is 6.08 Å². The van der Waals surface area contributed by atoms with Gasteiger partial charge >= 0.3 is 0 Å². The van der Waals surface area contributed by atoms with E-state index in [0.29, 0.717) is 23.8 Å². The first-order chi connectivity index (χ1) is 11.0. The molecule has 2 rings (SSSR count). The number of aromatic hydroxyl groups is 1. The van der Waals surface area contributed by atoms with Crippen LogP contribution in [0, 0.1) is 0 Å². The van der Waals surface area contributed by atoms with E-state index in [1.165, 1.54) is 19.3 Å². The lowest BCUT2D eigenvalue weighted by molar-refractivity contribution is -0.116. The summed E-state index contributed by atoms with van der Waals surface area (Å²) < 4.78 is 4.97. The zero-order valence-corrected chi connectivity index (χ0v) is 14.2. The molecule has 0 radical (unpaired) electrons. The van der Waals surface area contributed by atoms with Gasteiger partial charge in [-0.2, -0.15) is 0 Å². The normalized spacial score (nSPS) is 11.1. The summed E-state index contributed by atoms with van der Waals surface area (Å²) in [7, 11) is 1.49. The summed E-state index contributed by atoms with van der Waals surface area (Å²) in [5.41, 5.74) is 1.58. The van der Waals surface area contributed by atoms with Crippen LogP contribution in [0.1, 0.15) is 36.0 Å². The number of carbonyl (C=O) groups excluding carboxylic acids is 1. The molecule has 1 heterocycles. The number of rotatable bonds is 6. The number of phenols is 1. The fourth-order valence-electron chi connectivity index (χ4n) is 1.89. The minimum absolute atomic E-state index is 0.0405. The molecule has 1 aromatic heterocycles. The molecule has 2 N–H and O–H groups in total. The van der Waals surface area contributed by atoms with Crippen molar-refractivity contribution >= 4 is 23.3 Å². The minimum atomic E-state index is -0.209. The minimum Gasteiger partial charge on any atom is -0.504 e. The Kier molecular flexibility index (Phi) is 5.76. The van der Waals surface area contributed by atoms with Gasteiger partial charge < -0.3 is 15.2 Å². The highest BCUT2D eigenvalue weighted by atomic mass is 32.1. The summed E-state index contributed by atoms with van der Waals surface area (Å²) in [6.45, 7) is 4.59. The Morgan fingerprint density at radius 1 is 1.48 bits per heavy atom. The first-order valence-electron chi connectivity index (χ1n) is 7.27. The number of amides is 1. The van der Waals surface area contributed by atoms with Crippen molar-refractivity contribution in [3.8, 4) is 11.5 Å². The molecule has 0 spiro atoms. The summed E-state index contributed by atoms with van der Waals surface area (Å²) in [6, 6.07) is 4.95. The number of thiazole rings is 1. The second kappa shape index (κ2) is 7.78. The number of phenolic OH excluding ortho intramolecular Hbond substituents is 1. The third-order valence-electron chi connectivity index (χ3n) is 3.14. The molecule has 0 atom stereocenters. The molecular weight excluding hydrogens is 312 g/mol. The lowest BCUT2D eigenvalue weighted by Gasteiger charge is -2.03. The maximum Gasteiger partial charge on any atom is 0.244 e. The van der Waals surface area contributed by atoms with Gasteiger partial charge in [0.25, 0.3) is 0 Å². The first-order valence-corrected chi connectivity index (χ1v) is 8.14. The second-order valence-electron chi connectivity index (χ2n) is 5.31. The monoisotopic (exact) mass is 332 g/mol. The molecule has 0 unspecified atom stereocenters. The lowest BCUT2D eigenvalue weighted by atomic mass is 10.2. The molecule has 2 aromatic rings. The molecule has 6 heteroatoms. The summed E-state index contributed by atoms with van der Waals surface area (Å²) in [5.74, 6) is 0.626. The van der Waals surface area contributed by atoms with Gasteiger partial charge in [-0.25, -0.2) is 4.98 Å². The quantitative estimate of drug-likeness (QED) is 0.796. The van der Waals surface area contributed by atoms with Gasteiger partial charge in [-0.15, -0.1) is 11.3 Å². The van der Waals surface area contributed by atoms with Gasteiger partial charge in [0, 0.05) is 17.4 Å². The molecule has 0 saturated carbocycles. The third-order valence-corrected chi connectivity index (χ3v) is 4.33. The van der Waals surface area contributed by atoms with Gasteiger partial charge in [0.2, 0.25) is 5.91 Å². The fourth-order valence-corrected chi connectivity index (χ4v) is 2.72. The summed E-state index contributed by atoms with van der Waals surface area (Å²) in [4.78, 5) is 16.3. The number of hydrogen-bond acceptors (Lipinski definition) is 5. The van der Waals surface area contributed by atoms with E-state index in [0.717, 1.165) is 10.7 Å². The van der Waals surface area contributed by atoms with Crippen molar-refractivity contribution in [2.45, 2.75) is 26.3 Å². The number of nitrogens with zero attached hydrogens (tertiary/aromatic N) is 1. The Morgan fingerprint density at radius 3 is 2.87 bits per heavy atom. The molecule has 1 amide bonds. The van der Waals surface area contributed by atoms with Gasteiger partial charge in [0.1, 0.15) is 0 Å². The van der Waals surface area contributed by atoms with Gasteiger partial charge in [-0.1, -0.05) is 19.9 Å². The predicted octanol–water partition coefficient (Wildman–Crippen LogP) is 3.31. The van der Waals surface area contributed by atoms with Crippen LogP contribution in [0.3, 0.4) is 0 Å². The van der Waals surface area contributed by atoms with Gasteiger partial charge in [0.15, 0.2) is 11.5 Å². The molecule has 0 bridgehead atoms. The van der Waals surface area contributed by atoms with Crippen LogP contribution in [0.15, 0.2) is 29.7 Å². The average Bonchev–Trinajstić information content (AvgIpc) is 3.00. The molecule has 0 aliphatic heterocycles. The average molecular weight is 332 g/mol.